The van der Waals surface area contributed by atoms with Gasteiger partial charge in [0, 0.05) is 21.5 Å². The SMILES string of the molecule is COc1cc(C)c(Br)nc1[N+](=O)[O-]. The molecular formula is C7H7BrN2O3. The van der Waals surface area contributed by atoms with Crippen LogP contribution in [0, 0.1) is 17.0 Å². The minimum absolute atomic E-state index is 0.172. The van der Waals surface area contributed by atoms with Crippen LogP contribution in [0.1, 0.15) is 5.56 Å². The molecule has 0 unspecified atom stereocenters. The highest BCUT2D eigenvalue weighted by molar-refractivity contribution is 9.10. The maximum absolute atomic E-state index is 10.5. The number of rotatable bonds is 2. The molecule has 1 aromatic heterocycles. The first-order chi connectivity index (χ1) is 6.06. The van der Waals surface area contributed by atoms with Gasteiger partial charge >= 0.3 is 5.82 Å². The fraction of sp³-hybridized carbons (Fsp3) is 0.286. The smallest absolute Gasteiger partial charge is 0.407 e. The molecule has 70 valence electrons. The van der Waals surface area contributed by atoms with Gasteiger partial charge in [0.25, 0.3) is 0 Å². The molecule has 1 heterocycles. The highest BCUT2D eigenvalue weighted by Gasteiger charge is 2.19. The van der Waals surface area contributed by atoms with Crippen LogP contribution in [0.3, 0.4) is 0 Å². The van der Waals surface area contributed by atoms with E-state index in [1.165, 1.54) is 7.11 Å². The fourth-order valence-electron chi connectivity index (χ4n) is 0.838. The van der Waals surface area contributed by atoms with Crippen molar-refractivity contribution in [2.45, 2.75) is 6.92 Å². The Hall–Kier alpha value is -1.17. The molecule has 0 bridgehead atoms. The summed E-state index contributed by atoms with van der Waals surface area (Å²) in [4.78, 5) is 13.6. The summed E-state index contributed by atoms with van der Waals surface area (Å²) < 4.78 is 5.28. The summed E-state index contributed by atoms with van der Waals surface area (Å²) in [6, 6.07) is 1.56. The lowest BCUT2D eigenvalue weighted by Gasteiger charge is -2.01. The van der Waals surface area contributed by atoms with Crippen molar-refractivity contribution in [1.82, 2.24) is 4.98 Å². The number of ether oxygens (including phenoxy) is 1. The van der Waals surface area contributed by atoms with Crippen LogP contribution in [0.25, 0.3) is 0 Å². The predicted molar refractivity (Wildman–Crippen MR) is 49.9 cm³/mol. The summed E-state index contributed by atoms with van der Waals surface area (Å²) in [5, 5.41) is 10.5. The zero-order valence-corrected chi connectivity index (χ0v) is 8.66. The summed E-state index contributed by atoms with van der Waals surface area (Å²) in [6.45, 7) is 1.78. The number of hydrogen-bond acceptors (Lipinski definition) is 4. The first kappa shape index (κ1) is 9.91. The molecule has 0 N–H and O–H groups in total. The standard InChI is InChI=1S/C7H7BrN2O3/c1-4-3-5(13-2)7(10(11)12)9-6(4)8/h3H,1-2H3. The van der Waals surface area contributed by atoms with Crippen LogP contribution >= 0.6 is 15.9 Å². The average Bonchev–Trinajstić information content (AvgIpc) is 2.08. The Morgan fingerprint density at radius 1 is 1.69 bits per heavy atom. The van der Waals surface area contributed by atoms with Gasteiger partial charge in [0.2, 0.25) is 10.4 Å². The van der Waals surface area contributed by atoms with E-state index in [1.54, 1.807) is 13.0 Å². The first-order valence-corrected chi connectivity index (χ1v) is 4.21. The Balaban J connectivity index is 3.33. The number of pyridine rings is 1. The van der Waals surface area contributed by atoms with Crippen molar-refractivity contribution in [3.05, 3.63) is 26.3 Å². The molecule has 0 atom stereocenters. The number of aryl methyl sites for hydroxylation is 1. The topological polar surface area (TPSA) is 65.3 Å². The van der Waals surface area contributed by atoms with Crippen molar-refractivity contribution in [2.24, 2.45) is 0 Å². The second-order valence-electron chi connectivity index (χ2n) is 2.38. The van der Waals surface area contributed by atoms with Crippen LogP contribution in [0.2, 0.25) is 0 Å². The quantitative estimate of drug-likeness (QED) is 0.455. The maximum Gasteiger partial charge on any atom is 0.407 e. The van der Waals surface area contributed by atoms with Crippen molar-refractivity contribution >= 4 is 21.7 Å². The third kappa shape index (κ3) is 1.95. The summed E-state index contributed by atoms with van der Waals surface area (Å²) in [5.74, 6) is -0.106. The third-order valence-electron chi connectivity index (χ3n) is 1.49. The van der Waals surface area contributed by atoms with Crippen LogP contribution in [-0.2, 0) is 0 Å². The van der Waals surface area contributed by atoms with Gasteiger partial charge in [-0.1, -0.05) is 0 Å². The molecule has 0 saturated heterocycles. The van der Waals surface area contributed by atoms with Gasteiger partial charge in [0.15, 0.2) is 0 Å². The molecule has 0 saturated carbocycles. The van der Waals surface area contributed by atoms with Gasteiger partial charge in [0.1, 0.15) is 0 Å². The number of hydrogen-bond donors (Lipinski definition) is 0. The summed E-state index contributed by atoms with van der Waals surface area (Å²) in [5.41, 5.74) is 0.794. The molecule has 0 aliphatic carbocycles. The number of nitro groups is 1. The van der Waals surface area contributed by atoms with Gasteiger partial charge in [-0.05, 0) is 22.9 Å². The van der Waals surface area contributed by atoms with Crippen LogP contribution in [0.15, 0.2) is 10.7 Å². The van der Waals surface area contributed by atoms with Crippen molar-refractivity contribution in [2.75, 3.05) is 7.11 Å². The van der Waals surface area contributed by atoms with Crippen molar-refractivity contribution in [3.63, 3.8) is 0 Å². The molecule has 0 radical (unpaired) electrons. The number of methoxy groups -OCH3 is 1. The van der Waals surface area contributed by atoms with E-state index in [2.05, 4.69) is 20.9 Å². The Bertz CT molecular complexity index is 354. The lowest BCUT2D eigenvalue weighted by Crippen LogP contribution is -1.98. The predicted octanol–water partition coefficient (Wildman–Crippen LogP) is 2.07. The molecule has 1 aromatic rings. The minimum Gasteiger partial charge on any atom is -0.489 e. The van der Waals surface area contributed by atoms with E-state index in [0.717, 1.165) is 5.56 Å². The molecule has 0 aromatic carbocycles. The monoisotopic (exact) mass is 246 g/mol. The Morgan fingerprint density at radius 2 is 2.31 bits per heavy atom. The van der Waals surface area contributed by atoms with E-state index in [0.29, 0.717) is 4.60 Å². The van der Waals surface area contributed by atoms with E-state index in [9.17, 15) is 10.1 Å². The van der Waals surface area contributed by atoms with Gasteiger partial charge in [-0.2, -0.15) is 0 Å². The van der Waals surface area contributed by atoms with Crippen molar-refractivity contribution in [1.29, 1.82) is 0 Å². The summed E-state index contributed by atoms with van der Waals surface area (Å²) >= 11 is 3.11. The molecule has 13 heavy (non-hydrogen) atoms. The molecular weight excluding hydrogens is 240 g/mol. The van der Waals surface area contributed by atoms with E-state index < -0.39 is 4.92 Å². The zero-order chi connectivity index (χ0) is 10.0. The average molecular weight is 247 g/mol. The van der Waals surface area contributed by atoms with Crippen LogP contribution < -0.4 is 4.74 Å². The maximum atomic E-state index is 10.5. The van der Waals surface area contributed by atoms with Crippen LogP contribution in [0.4, 0.5) is 5.82 Å². The van der Waals surface area contributed by atoms with E-state index >= 15 is 0 Å². The normalized spacial score (nSPS) is 9.77. The molecule has 5 nitrogen and oxygen atoms in total. The Labute approximate surface area is 83.0 Å². The molecule has 1 rings (SSSR count). The third-order valence-corrected chi connectivity index (χ3v) is 2.29. The number of halogens is 1. The molecule has 6 heteroatoms. The summed E-state index contributed by atoms with van der Waals surface area (Å²) in [6.07, 6.45) is 0. The van der Waals surface area contributed by atoms with Gasteiger partial charge in [-0.3, -0.25) is 0 Å². The molecule has 0 aliphatic rings. The summed E-state index contributed by atoms with van der Waals surface area (Å²) in [7, 11) is 1.37. The largest absolute Gasteiger partial charge is 0.489 e. The van der Waals surface area contributed by atoms with Crippen molar-refractivity contribution in [3.8, 4) is 5.75 Å². The lowest BCUT2D eigenvalue weighted by molar-refractivity contribution is -0.390. The first-order valence-electron chi connectivity index (χ1n) is 3.41. The Morgan fingerprint density at radius 3 is 2.77 bits per heavy atom. The second-order valence-corrected chi connectivity index (χ2v) is 3.13. The van der Waals surface area contributed by atoms with Gasteiger partial charge in [-0.25, -0.2) is 0 Å². The highest BCUT2D eigenvalue weighted by atomic mass is 79.9. The van der Waals surface area contributed by atoms with E-state index in [1.807, 2.05) is 0 Å². The fourth-order valence-corrected chi connectivity index (χ4v) is 1.12. The molecule has 0 spiro atoms. The number of nitrogens with zero attached hydrogens (tertiary/aromatic N) is 2. The lowest BCUT2D eigenvalue weighted by atomic mass is 10.3. The van der Waals surface area contributed by atoms with E-state index in [-0.39, 0.29) is 11.6 Å². The number of aromatic nitrogens is 1. The Kier molecular flexibility index (Phi) is 2.82. The van der Waals surface area contributed by atoms with E-state index in [4.69, 9.17) is 4.74 Å². The minimum atomic E-state index is -0.580. The molecule has 0 aliphatic heterocycles. The van der Waals surface area contributed by atoms with Crippen LogP contribution in [0.5, 0.6) is 5.75 Å². The van der Waals surface area contributed by atoms with Gasteiger partial charge in [-0.15, -0.1) is 0 Å². The second kappa shape index (κ2) is 3.69. The molecule has 0 amide bonds. The van der Waals surface area contributed by atoms with Crippen molar-refractivity contribution < 1.29 is 9.66 Å². The van der Waals surface area contributed by atoms with Crippen LogP contribution in [-0.4, -0.2) is 17.0 Å². The van der Waals surface area contributed by atoms with Gasteiger partial charge in [0.05, 0.1) is 7.11 Å². The van der Waals surface area contributed by atoms with Gasteiger partial charge < -0.3 is 14.9 Å². The zero-order valence-electron chi connectivity index (χ0n) is 7.07. The molecule has 0 fully saturated rings. The highest BCUT2D eigenvalue weighted by Crippen LogP contribution is 2.28.